The Balaban J connectivity index is 2.24. The zero-order valence-corrected chi connectivity index (χ0v) is 6.92. The number of aliphatic hydroxyl groups excluding tert-OH is 3. The van der Waals surface area contributed by atoms with Gasteiger partial charge >= 0.3 is 0 Å². The Morgan fingerprint density at radius 1 is 1.38 bits per heavy atom. The quantitative estimate of drug-likeness (QED) is 0.437. The van der Waals surface area contributed by atoms with E-state index in [2.05, 4.69) is 0 Å². The number of rotatable bonds is 1. The second-order valence-electron chi connectivity index (χ2n) is 3.27. The number of fused-ring (bicyclic) bond motifs is 2. The standard InChI is InChI=1S/C7H12O6/c8-1-7-2-11-3-12-4(5(7)9)6(10)13-7/h4-6,8-10H,1-3H2/t4-,5?,6+,7-/m0/s1. The van der Waals surface area contributed by atoms with E-state index >= 15 is 0 Å². The first kappa shape index (κ1) is 9.32. The van der Waals surface area contributed by atoms with Crippen molar-refractivity contribution in [1.82, 2.24) is 0 Å². The average Bonchev–Trinajstić information content (AvgIpc) is 2.26. The molecular formula is C7H12O6. The van der Waals surface area contributed by atoms with Gasteiger partial charge in [-0.2, -0.15) is 0 Å². The zero-order chi connectivity index (χ0) is 9.47. The Labute approximate surface area is 74.6 Å². The molecule has 2 aliphatic rings. The normalized spacial score (nSPS) is 50.5. The molecule has 2 rings (SSSR count). The predicted octanol–water partition coefficient (Wildman–Crippen LogP) is -2.20. The maximum atomic E-state index is 9.66. The summed E-state index contributed by atoms with van der Waals surface area (Å²) in [6.07, 6.45) is -3.10. The van der Waals surface area contributed by atoms with Crippen molar-refractivity contribution in [1.29, 1.82) is 0 Å². The van der Waals surface area contributed by atoms with Gasteiger partial charge in [-0.1, -0.05) is 0 Å². The van der Waals surface area contributed by atoms with Crippen LogP contribution in [0.3, 0.4) is 0 Å². The van der Waals surface area contributed by atoms with Crippen LogP contribution in [0.25, 0.3) is 0 Å². The van der Waals surface area contributed by atoms with Gasteiger partial charge in [0.25, 0.3) is 0 Å². The van der Waals surface area contributed by atoms with Crippen LogP contribution in [0.15, 0.2) is 0 Å². The van der Waals surface area contributed by atoms with E-state index in [1.807, 2.05) is 0 Å². The van der Waals surface area contributed by atoms with Gasteiger partial charge in [-0.25, -0.2) is 0 Å². The van der Waals surface area contributed by atoms with Crippen molar-refractivity contribution < 1.29 is 29.5 Å². The SMILES string of the molecule is OC[C@]12COCO[C@@H](C1O)[C@H](O)O2. The number of ether oxygens (including phenoxy) is 3. The molecule has 0 radical (unpaired) electrons. The fraction of sp³-hybridized carbons (Fsp3) is 1.00. The first-order chi connectivity index (χ1) is 6.19. The largest absolute Gasteiger partial charge is 0.393 e. The van der Waals surface area contributed by atoms with Crippen molar-refractivity contribution in [3.8, 4) is 0 Å². The predicted molar refractivity (Wildman–Crippen MR) is 38.6 cm³/mol. The summed E-state index contributed by atoms with van der Waals surface area (Å²) in [5.41, 5.74) is -1.24. The van der Waals surface area contributed by atoms with Gasteiger partial charge in [-0.3, -0.25) is 0 Å². The van der Waals surface area contributed by atoms with E-state index < -0.39 is 30.7 Å². The van der Waals surface area contributed by atoms with E-state index in [0.29, 0.717) is 0 Å². The third kappa shape index (κ3) is 1.26. The first-order valence-electron chi connectivity index (χ1n) is 4.04. The van der Waals surface area contributed by atoms with Gasteiger partial charge in [-0.15, -0.1) is 0 Å². The molecular weight excluding hydrogens is 180 g/mol. The average molecular weight is 192 g/mol. The van der Waals surface area contributed by atoms with E-state index in [4.69, 9.17) is 19.3 Å². The van der Waals surface area contributed by atoms with Crippen molar-refractivity contribution in [3.05, 3.63) is 0 Å². The minimum Gasteiger partial charge on any atom is -0.393 e. The van der Waals surface area contributed by atoms with E-state index in [9.17, 15) is 10.2 Å². The van der Waals surface area contributed by atoms with Crippen LogP contribution >= 0.6 is 0 Å². The molecule has 0 aromatic heterocycles. The molecule has 0 spiro atoms. The van der Waals surface area contributed by atoms with Crippen molar-refractivity contribution >= 4 is 0 Å². The lowest BCUT2D eigenvalue weighted by atomic mass is 9.97. The van der Waals surface area contributed by atoms with Gasteiger partial charge < -0.3 is 29.5 Å². The van der Waals surface area contributed by atoms with Crippen LogP contribution in [0.5, 0.6) is 0 Å². The Morgan fingerprint density at radius 2 is 2.15 bits per heavy atom. The molecule has 76 valence electrons. The van der Waals surface area contributed by atoms with Crippen LogP contribution in [0.4, 0.5) is 0 Å². The molecule has 0 aromatic rings. The zero-order valence-electron chi connectivity index (χ0n) is 6.92. The fourth-order valence-corrected chi connectivity index (χ4v) is 1.64. The molecule has 6 nitrogen and oxygen atoms in total. The van der Waals surface area contributed by atoms with Crippen LogP contribution in [-0.4, -0.2) is 59.4 Å². The summed E-state index contributed by atoms with van der Waals surface area (Å²) >= 11 is 0. The van der Waals surface area contributed by atoms with Crippen molar-refractivity contribution in [2.24, 2.45) is 0 Å². The van der Waals surface area contributed by atoms with Gasteiger partial charge in [0, 0.05) is 0 Å². The van der Waals surface area contributed by atoms with Crippen LogP contribution in [0.2, 0.25) is 0 Å². The molecule has 1 unspecified atom stereocenters. The van der Waals surface area contributed by atoms with E-state index in [0.717, 1.165) is 0 Å². The topological polar surface area (TPSA) is 88.4 Å². The highest BCUT2D eigenvalue weighted by molar-refractivity contribution is 5.00. The molecule has 6 heteroatoms. The summed E-state index contributed by atoms with van der Waals surface area (Å²) in [4.78, 5) is 0. The lowest BCUT2D eigenvalue weighted by molar-refractivity contribution is -0.234. The third-order valence-electron chi connectivity index (χ3n) is 2.44. The lowest BCUT2D eigenvalue weighted by Crippen LogP contribution is -2.48. The van der Waals surface area contributed by atoms with Gasteiger partial charge in [0.05, 0.1) is 13.2 Å². The summed E-state index contributed by atoms with van der Waals surface area (Å²) < 4.78 is 15.0. The molecule has 13 heavy (non-hydrogen) atoms. The molecule has 2 heterocycles. The molecule has 2 bridgehead atoms. The first-order valence-corrected chi connectivity index (χ1v) is 4.04. The number of aliphatic hydroxyl groups is 3. The lowest BCUT2D eigenvalue weighted by Gasteiger charge is -2.27. The van der Waals surface area contributed by atoms with Crippen LogP contribution in [0.1, 0.15) is 0 Å². The summed E-state index contributed by atoms with van der Waals surface area (Å²) in [5.74, 6) is 0. The van der Waals surface area contributed by atoms with Crippen LogP contribution in [0, 0.1) is 0 Å². The maximum Gasteiger partial charge on any atom is 0.184 e. The maximum absolute atomic E-state index is 9.66. The van der Waals surface area contributed by atoms with Gasteiger partial charge in [0.1, 0.15) is 24.6 Å². The summed E-state index contributed by atoms with van der Waals surface area (Å²) in [6.45, 7) is -0.410. The Morgan fingerprint density at radius 3 is 2.85 bits per heavy atom. The molecule has 0 amide bonds. The number of hydrogen-bond donors (Lipinski definition) is 3. The molecule has 0 aliphatic carbocycles. The van der Waals surface area contributed by atoms with E-state index in [1.165, 1.54) is 0 Å². The second-order valence-corrected chi connectivity index (χ2v) is 3.27. The van der Waals surface area contributed by atoms with Crippen LogP contribution in [-0.2, 0) is 14.2 Å². The van der Waals surface area contributed by atoms with Crippen LogP contribution < -0.4 is 0 Å². The minimum absolute atomic E-state index is 0.0100. The number of hydrogen-bond acceptors (Lipinski definition) is 6. The summed E-state index contributed by atoms with van der Waals surface area (Å²) in [6, 6.07) is 0. The summed E-state index contributed by atoms with van der Waals surface area (Å²) in [5, 5.41) is 28.0. The van der Waals surface area contributed by atoms with Gasteiger partial charge in [0.15, 0.2) is 6.29 Å². The fourth-order valence-electron chi connectivity index (χ4n) is 1.64. The Bertz CT molecular complexity index is 197. The smallest absolute Gasteiger partial charge is 0.184 e. The Hall–Kier alpha value is -0.240. The van der Waals surface area contributed by atoms with Gasteiger partial charge in [0.2, 0.25) is 0 Å². The second kappa shape index (κ2) is 3.16. The van der Waals surface area contributed by atoms with E-state index in [1.54, 1.807) is 0 Å². The molecule has 2 saturated heterocycles. The van der Waals surface area contributed by atoms with Crippen molar-refractivity contribution in [2.45, 2.75) is 24.1 Å². The Kier molecular flexibility index (Phi) is 2.26. The molecule has 2 aliphatic heterocycles. The minimum atomic E-state index is -1.24. The monoisotopic (exact) mass is 192 g/mol. The third-order valence-corrected chi connectivity index (χ3v) is 2.44. The molecule has 0 saturated carbocycles. The summed E-state index contributed by atoms with van der Waals surface area (Å²) in [7, 11) is 0. The van der Waals surface area contributed by atoms with E-state index in [-0.39, 0.29) is 13.4 Å². The molecule has 3 N–H and O–H groups in total. The highest BCUT2D eigenvalue weighted by Crippen LogP contribution is 2.34. The molecule has 2 fully saturated rings. The van der Waals surface area contributed by atoms with Gasteiger partial charge in [-0.05, 0) is 0 Å². The van der Waals surface area contributed by atoms with Crippen molar-refractivity contribution in [3.63, 3.8) is 0 Å². The highest BCUT2D eigenvalue weighted by atomic mass is 16.7. The highest BCUT2D eigenvalue weighted by Gasteiger charge is 2.56. The molecule has 0 aromatic carbocycles. The van der Waals surface area contributed by atoms with Crippen molar-refractivity contribution in [2.75, 3.05) is 20.0 Å². The molecule has 4 atom stereocenters.